The van der Waals surface area contributed by atoms with E-state index in [2.05, 4.69) is 0 Å². The Balaban J connectivity index is 3.40. The van der Waals surface area contributed by atoms with Crippen LogP contribution in [-0.2, 0) is 15.7 Å². The topological polar surface area (TPSA) is 57.5 Å². The molecule has 1 atom stereocenters. The van der Waals surface area contributed by atoms with E-state index < -0.39 is 12.1 Å². The van der Waals surface area contributed by atoms with Gasteiger partial charge < -0.3 is 10.2 Å². The third kappa shape index (κ3) is 4.64. The maximum Gasteiger partial charge on any atom is 0.332 e. The number of aliphatic carboxylic acids is 1. The van der Waals surface area contributed by atoms with E-state index >= 15 is 0 Å². The fourth-order valence-corrected chi connectivity index (χ4v) is 1.17. The Morgan fingerprint density at radius 3 is 2.40 bits per heavy atom. The average molecular weight is 165 g/mol. The van der Waals surface area contributed by atoms with Gasteiger partial charge in [-0.2, -0.15) is 0 Å². The number of aliphatic hydroxyl groups excluding tert-OH is 1. The molecule has 0 bridgehead atoms. The zero-order valence-corrected chi connectivity index (χ0v) is 7.02. The maximum atomic E-state index is 10.1. The zero-order valence-electron chi connectivity index (χ0n) is 6.20. The van der Waals surface area contributed by atoms with Gasteiger partial charge in [-0.1, -0.05) is 0 Å². The Hall–Kier alpha value is -0.220. The molecule has 0 saturated carbocycles. The first kappa shape index (κ1) is 9.78. The molecular weight excluding hydrogens is 152 g/mol. The summed E-state index contributed by atoms with van der Waals surface area (Å²) in [6.07, 6.45) is 3.24. The quantitative estimate of drug-likeness (QED) is 0.562. The molecule has 1 unspecified atom stereocenters. The van der Waals surface area contributed by atoms with Crippen LogP contribution in [0.4, 0.5) is 0 Å². The molecule has 0 radical (unpaired) electrons. The predicted octanol–water partition coefficient (Wildman–Crippen LogP) is -0.300. The van der Waals surface area contributed by atoms with E-state index in [1.54, 1.807) is 0 Å². The lowest BCUT2D eigenvalue weighted by atomic mass is 10.3. The van der Waals surface area contributed by atoms with Gasteiger partial charge in [0.1, 0.15) is 5.75 Å². The van der Waals surface area contributed by atoms with Gasteiger partial charge in [-0.15, -0.1) is 0 Å². The molecule has 0 heterocycles. The van der Waals surface area contributed by atoms with Gasteiger partial charge in [0, 0.05) is 6.42 Å². The highest BCUT2D eigenvalue weighted by Gasteiger charge is 2.15. The standard InChI is InChI=1S/C6H12O3S/c1-10(2)4-3-5(7)6(8)9/h5,7H,3-4H2,1-2H3/p+1. The van der Waals surface area contributed by atoms with Crippen LogP contribution < -0.4 is 0 Å². The second-order valence-electron chi connectivity index (χ2n) is 2.33. The summed E-state index contributed by atoms with van der Waals surface area (Å²) in [5, 5.41) is 17.0. The molecular formula is C6H13O3S+. The molecule has 3 nitrogen and oxygen atoms in total. The summed E-state index contributed by atoms with van der Waals surface area (Å²) in [5.41, 5.74) is 0. The largest absolute Gasteiger partial charge is 0.479 e. The maximum absolute atomic E-state index is 10.1. The lowest BCUT2D eigenvalue weighted by molar-refractivity contribution is -0.146. The Morgan fingerprint density at radius 1 is 1.60 bits per heavy atom. The van der Waals surface area contributed by atoms with E-state index in [1.807, 2.05) is 12.5 Å². The van der Waals surface area contributed by atoms with Crippen LogP contribution in [0, 0.1) is 0 Å². The van der Waals surface area contributed by atoms with Crippen molar-refractivity contribution in [2.24, 2.45) is 0 Å². The highest BCUT2D eigenvalue weighted by atomic mass is 32.2. The Morgan fingerprint density at radius 2 is 2.10 bits per heavy atom. The average Bonchev–Trinajstić information content (AvgIpc) is 1.82. The number of hydrogen-bond acceptors (Lipinski definition) is 2. The molecule has 10 heavy (non-hydrogen) atoms. The lowest BCUT2D eigenvalue weighted by Gasteiger charge is -2.01. The van der Waals surface area contributed by atoms with Crippen molar-refractivity contribution in [1.29, 1.82) is 0 Å². The van der Waals surface area contributed by atoms with Gasteiger partial charge in [0.15, 0.2) is 6.10 Å². The van der Waals surface area contributed by atoms with Crippen molar-refractivity contribution in [3.05, 3.63) is 0 Å². The van der Waals surface area contributed by atoms with Crippen molar-refractivity contribution in [2.45, 2.75) is 12.5 Å². The molecule has 0 aromatic carbocycles. The van der Waals surface area contributed by atoms with Gasteiger partial charge in [0.2, 0.25) is 0 Å². The monoisotopic (exact) mass is 165 g/mol. The van der Waals surface area contributed by atoms with E-state index in [4.69, 9.17) is 10.2 Å². The van der Waals surface area contributed by atoms with Gasteiger partial charge in [-0.25, -0.2) is 4.79 Å². The number of carbonyl (C=O) groups is 1. The smallest absolute Gasteiger partial charge is 0.332 e. The van der Waals surface area contributed by atoms with Gasteiger partial charge in [0.05, 0.1) is 12.5 Å². The normalized spacial score (nSPS) is 13.6. The first-order valence-corrected chi connectivity index (χ1v) is 5.20. The molecule has 0 aliphatic rings. The van der Waals surface area contributed by atoms with E-state index in [1.165, 1.54) is 0 Å². The Bertz CT molecular complexity index is 114. The summed E-state index contributed by atoms with van der Waals surface area (Å²) in [7, 11) is 0.224. The second-order valence-corrected chi connectivity index (χ2v) is 4.71. The summed E-state index contributed by atoms with van der Waals surface area (Å²) in [5.74, 6) is -0.335. The second kappa shape index (κ2) is 4.57. The van der Waals surface area contributed by atoms with Crippen LogP contribution in [0.25, 0.3) is 0 Å². The van der Waals surface area contributed by atoms with Crippen LogP contribution in [0.15, 0.2) is 0 Å². The van der Waals surface area contributed by atoms with Crippen molar-refractivity contribution in [1.82, 2.24) is 0 Å². The summed E-state index contributed by atoms with van der Waals surface area (Å²) in [6.45, 7) is 0. The van der Waals surface area contributed by atoms with Gasteiger partial charge in [-0.05, 0) is 10.9 Å². The van der Waals surface area contributed by atoms with Crippen molar-refractivity contribution >= 4 is 16.9 Å². The van der Waals surface area contributed by atoms with Crippen LogP contribution in [0.2, 0.25) is 0 Å². The lowest BCUT2D eigenvalue weighted by Crippen LogP contribution is -2.22. The molecule has 0 saturated heterocycles. The number of carboxylic acid groups (broad SMARTS) is 1. The molecule has 0 aromatic heterocycles. The minimum absolute atomic E-state index is 0.224. The Labute approximate surface area is 63.4 Å². The first-order valence-electron chi connectivity index (χ1n) is 2.99. The fourth-order valence-electron chi connectivity index (χ4n) is 0.471. The molecule has 60 valence electrons. The van der Waals surface area contributed by atoms with Crippen molar-refractivity contribution < 1.29 is 15.0 Å². The molecule has 0 spiro atoms. The van der Waals surface area contributed by atoms with Crippen molar-refractivity contribution in [3.63, 3.8) is 0 Å². The number of carboxylic acids is 1. The van der Waals surface area contributed by atoms with Gasteiger partial charge in [-0.3, -0.25) is 0 Å². The Kier molecular flexibility index (Phi) is 4.47. The van der Waals surface area contributed by atoms with Crippen molar-refractivity contribution in [2.75, 3.05) is 18.3 Å². The highest BCUT2D eigenvalue weighted by molar-refractivity contribution is 7.95. The van der Waals surface area contributed by atoms with Crippen LogP contribution in [0.3, 0.4) is 0 Å². The third-order valence-corrected chi connectivity index (χ3v) is 2.14. The fraction of sp³-hybridized carbons (Fsp3) is 0.833. The molecule has 0 aliphatic carbocycles. The summed E-state index contributed by atoms with van der Waals surface area (Å²) >= 11 is 0. The minimum atomic E-state index is -1.17. The highest BCUT2D eigenvalue weighted by Crippen LogP contribution is 1.95. The zero-order chi connectivity index (χ0) is 8.15. The third-order valence-electron chi connectivity index (χ3n) is 1.08. The van der Waals surface area contributed by atoms with Crippen molar-refractivity contribution in [3.8, 4) is 0 Å². The van der Waals surface area contributed by atoms with Crippen LogP contribution in [0.1, 0.15) is 6.42 Å². The SMILES string of the molecule is C[S+](C)CCC(O)C(=O)O. The molecule has 2 N–H and O–H groups in total. The molecule has 0 rings (SSSR count). The van der Waals surface area contributed by atoms with Crippen LogP contribution in [0.5, 0.6) is 0 Å². The van der Waals surface area contributed by atoms with E-state index in [9.17, 15) is 4.79 Å². The summed E-state index contributed by atoms with van der Waals surface area (Å²) < 4.78 is 0. The summed E-state index contributed by atoms with van der Waals surface area (Å²) in [6, 6.07) is 0. The molecule has 0 amide bonds. The number of hydrogen-bond donors (Lipinski definition) is 2. The van der Waals surface area contributed by atoms with E-state index in [0.29, 0.717) is 6.42 Å². The van der Waals surface area contributed by atoms with E-state index in [0.717, 1.165) is 5.75 Å². The molecule has 4 heteroatoms. The molecule has 0 fully saturated rings. The van der Waals surface area contributed by atoms with Crippen LogP contribution in [-0.4, -0.2) is 40.6 Å². The molecule has 0 aromatic rings. The van der Waals surface area contributed by atoms with Crippen LogP contribution >= 0.6 is 0 Å². The first-order chi connectivity index (χ1) is 4.54. The predicted molar refractivity (Wildman–Crippen MR) is 42.3 cm³/mol. The van der Waals surface area contributed by atoms with Gasteiger partial charge >= 0.3 is 5.97 Å². The van der Waals surface area contributed by atoms with E-state index in [-0.39, 0.29) is 10.9 Å². The molecule has 0 aliphatic heterocycles. The minimum Gasteiger partial charge on any atom is -0.479 e. The summed E-state index contributed by atoms with van der Waals surface area (Å²) in [4.78, 5) is 10.1. The number of aliphatic hydroxyl groups is 1. The van der Waals surface area contributed by atoms with Gasteiger partial charge in [0.25, 0.3) is 0 Å². The number of rotatable bonds is 4.